The third-order valence-electron chi connectivity index (χ3n) is 5.15. The van der Waals surface area contributed by atoms with Gasteiger partial charge >= 0.3 is 6.18 Å². The molecule has 0 spiro atoms. The molecule has 3 aromatic rings. The molecule has 0 N–H and O–H groups in total. The lowest BCUT2D eigenvalue weighted by molar-refractivity contribution is -0.137. The normalized spacial score (nSPS) is 15.2. The first-order valence-corrected chi connectivity index (χ1v) is 11.1. The first-order chi connectivity index (χ1) is 14.7. The second-order valence-electron chi connectivity index (χ2n) is 7.23. The van der Waals surface area contributed by atoms with Gasteiger partial charge in [0.2, 0.25) is 10.0 Å². The molecule has 0 saturated heterocycles. The van der Waals surface area contributed by atoms with E-state index in [4.69, 9.17) is 0 Å². The number of hydrogen-bond donors (Lipinski definition) is 0. The van der Waals surface area contributed by atoms with E-state index in [1.807, 2.05) is 24.3 Å². The van der Waals surface area contributed by atoms with Gasteiger partial charge in [0.15, 0.2) is 0 Å². The average Bonchev–Trinajstić information content (AvgIpc) is 2.77. The molecule has 0 unspecified atom stereocenters. The van der Waals surface area contributed by atoms with Gasteiger partial charge in [-0.05, 0) is 59.5 Å². The van der Waals surface area contributed by atoms with Gasteiger partial charge in [-0.3, -0.25) is 4.99 Å². The van der Waals surface area contributed by atoms with Crippen molar-refractivity contribution in [1.82, 2.24) is 4.31 Å². The summed E-state index contributed by atoms with van der Waals surface area (Å²) in [6.45, 7) is 0.739. The Morgan fingerprint density at radius 3 is 2.32 bits per heavy atom. The van der Waals surface area contributed by atoms with Gasteiger partial charge in [0, 0.05) is 19.3 Å². The van der Waals surface area contributed by atoms with E-state index in [1.165, 1.54) is 46.9 Å². The number of benzene rings is 3. The molecule has 0 amide bonds. The van der Waals surface area contributed by atoms with E-state index in [0.29, 0.717) is 30.8 Å². The van der Waals surface area contributed by atoms with Crippen LogP contribution < -0.4 is 0 Å². The van der Waals surface area contributed by atoms with E-state index in [-0.39, 0.29) is 4.90 Å². The summed E-state index contributed by atoms with van der Waals surface area (Å²) in [6, 6.07) is 18.6. The van der Waals surface area contributed by atoms with Crippen molar-refractivity contribution >= 4 is 21.9 Å². The summed E-state index contributed by atoms with van der Waals surface area (Å²) in [7, 11) is -3.65. The molecular weight excluding hydrogens is 425 g/mol. The van der Waals surface area contributed by atoms with Crippen LogP contribution in [0, 0.1) is 0 Å². The highest BCUT2D eigenvalue weighted by atomic mass is 32.2. The summed E-state index contributed by atoms with van der Waals surface area (Å²) in [5.74, 6) is 0. The highest BCUT2D eigenvalue weighted by Crippen LogP contribution is 2.29. The van der Waals surface area contributed by atoms with Gasteiger partial charge in [0.1, 0.15) is 0 Å². The van der Waals surface area contributed by atoms with Gasteiger partial charge in [-0.1, -0.05) is 36.4 Å². The molecule has 0 atom stereocenters. The average molecular weight is 444 g/mol. The summed E-state index contributed by atoms with van der Waals surface area (Å²) in [6.07, 6.45) is -2.44. The zero-order valence-electron chi connectivity index (χ0n) is 16.4. The summed E-state index contributed by atoms with van der Waals surface area (Å²) in [5, 5.41) is 0. The van der Waals surface area contributed by atoms with E-state index >= 15 is 0 Å². The van der Waals surface area contributed by atoms with E-state index in [1.54, 1.807) is 0 Å². The monoisotopic (exact) mass is 444 g/mol. The predicted octanol–water partition coefficient (Wildman–Crippen LogP) is 5.20. The van der Waals surface area contributed by atoms with Crippen molar-refractivity contribution in [2.45, 2.75) is 24.0 Å². The number of halogens is 3. The van der Waals surface area contributed by atoms with Gasteiger partial charge < -0.3 is 0 Å². The molecule has 1 aliphatic heterocycles. The van der Waals surface area contributed by atoms with Crippen LogP contribution >= 0.6 is 0 Å². The number of alkyl halides is 3. The fourth-order valence-corrected chi connectivity index (χ4v) is 4.89. The summed E-state index contributed by atoms with van der Waals surface area (Å²) in [4.78, 5) is 4.32. The van der Waals surface area contributed by atoms with Gasteiger partial charge in [-0.15, -0.1) is 0 Å². The van der Waals surface area contributed by atoms with Crippen molar-refractivity contribution in [3.8, 4) is 0 Å². The molecule has 31 heavy (non-hydrogen) atoms. The highest BCUT2D eigenvalue weighted by Gasteiger charge is 2.30. The van der Waals surface area contributed by atoms with E-state index < -0.39 is 21.8 Å². The topological polar surface area (TPSA) is 49.7 Å². The molecule has 4 rings (SSSR count). The maximum Gasteiger partial charge on any atom is 0.416 e. The number of rotatable bonds is 4. The third-order valence-corrected chi connectivity index (χ3v) is 7.01. The maximum absolute atomic E-state index is 13.0. The molecular formula is C23H19F3N2O2S. The van der Waals surface area contributed by atoms with Crippen LogP contribution in [-0.4, -0.2) is 25.5 Å². The first kappa shape index (κ1) is 21.3. The molecule has 1 heterocycles. The lowest BCUT2D eigenvalue weighted by atomic mass is 10.0. The molecule has 4 nitrogen and oxygen atoms in total. The predicted molar refractivity (Wildman–Crippen MR) is 113 cm³/mol. The van der Waals surface area contributed by atoms with Crippen molar-refractivity contribution in [1.29, 1.82) is 0 Å². The molecule has 0 bridgehead atoms. The number of fused-ring (bicyclic) bond motifs is 1. The molecule has 1 aliphatic rings. The van der Waals surface area contributed by atoms with Crippen LogP contribution in [0.5, 0.6) is 0 Å². The minimum atomic E-state index is -4.42. The number of sulfonamides is 1. The molecule has 8 heteroatoms. The Labute approximate surface area is 178 Å². The molecule has 160 valence electrons. The Morgan fingerprint density at radius 2 is 1.61 bits per heavy atom. The second-order valence-corrected chi connectivity index (χ2v) is 9.17. The van der Waals surface area contributed by atoms with Crippen LogP contribution in [0.15, 0.2) is 82.7 Å². The van der Waals surface area contributed by atoms with Crippen molar-refractivity contribution in [2.75, 3.05) is 6.54 Å². The number of aliphatic imine (C=N–C) groups is 1. The molecule has 0 fully saturated rings. The Hall–Kier alpha value is -2.97. The quantitative estimate of drug-likeness (QED) is 0.519. The number of hydrogen-bond acceptors (Lipinski definition) is 3. The van der Waals surface area contributed by atoms with Crippen molar-refractivity contribution in [2.24, 2.45) is 4.99 Å². The van der Waals surface area contributed by atoms with Gasteiger partial charge in [0.05, 0.1) is 16.1 Å². The molecule has 3 aromatic carbocycles. The fraction of sp³-hybridized carbons (Fsp3) is 0.174. The summed E-state index contributed by atoms with van der Waals surface area (Å²) < 4.78 is 65.9. The van der Waals surface area contributed by atoms with Gasteiger partial charge in [-0.2, -0.15) is 17.5 Å². The SMILES string of the molecule is O=S(=O)(c1ccc(N=Cc2cccc(C(F)(F)F)c2)cc1)N1CCc2ccccc2C1. The van der Waals surface area contributed by atoms with Gasteiger partial charge in [0.25, 0.3) is 0 Å². The van der Waals surface area contributed by atoms with Crippen LogP contribution in [0.1, 0.15) is 22.3 Å². The van der Waals surface area contributed by atoms with Crippen molar-refractivity contribution in [3.05, 3.63) is 95.1 Å². The minimum absolute atomic E-state index is 0.157. The van der Waals surface area contributed by atoms with Crippen LogP contribution in [-0.2, 0) is 29.2 Å². The Bertz CT molecular complexity index is 1220. The van der Waals surface area contributed by atoms with E-state index in [0.717, 1.165) is 23.3 Å². The molecule has 0 aromatic heterocycles. The van der Waals surface area contributed by atoms with Gasteiger partial charge in [-0.25, -0.2) is 8.42 Å². The minimum Gasteiger partial charge on any atom is -0.256 e. The molecule has 0 saturated carbocycles. The lowest BCUT2D eigenvalue weighted by Crippen LogP contribution is -2.35. The first-order valence-electron chi connectivity index (χ1n) is 9.62. The maximum atomic E-state index is 13.0. The fourth-order valence-electron chi connectivity index (χ4n) is 3.47. The van der Waals surface area contributed by atoms with Crippen LogP contribution in [0.2, 0.25) is 0 Å². The van der Waals surface area contributed by atoms with Crippen molar-refractivity contribution in [3.63, 3.8) is 0 Å². The molecule has 0 aliphatic carbocycles. The summed E-state index contributed by atoms with van der Waals surface area (Å²) >= 11 is 0. The Morgan fingerprint density at radius 1 is 0.903 bits per heavy atom. The second kappa shape index (κ2) is 8.28. The standard InChI is InChI=1S/C23H19F3N2O2S/c24-23(25,26)20-7-3-4-17(14-20)15-27-21-8-10-22(11-9-21)31(29,30)28-13-12-18-5-1-2-6-19(18)16-28/h1-11,14-15H,12-13,16H2. The van der Waals surface area contributed by atoms with Crippen LogP contribution in [0.25, 0.3) is 0 Å². The Kier molecular flexibility index (Phi) is 5.68. The van der Waals surface area contributed by atoms with Crippen LogP contribution in [0.4, 0.5) is 18.9 Å². The summed E-state index contributed by atoms with van der Waals surface area (Å²) in [5.41, 5.74) is 2.16. The van der Waals surface area contributed by atoms with E-state index in [2.05, 4.69) is 4.99 Å². The highest BCUT2D eigenvalue weighted by molar-refractivity contribution is 7.89. The van der Waals surface area contributed by atoms with E-state index in [9.17, 15) is 21.6 Å². The molecule has 0 radical (unpaired) electrons. The Balaban J connectivity index is 1.50. The zero-order chi connectivity index (χ0) is 22.1. The zero-order valence-corrected chi connectivity index (χ0v) is 17.2. The number of nitrogens with zero attached hydrogens (tertiary/aromatic N) is 2. The van der Waals surface area contributed by atoms with Crippen LogP contribution in [0.3, 0.4) is 0 Å². The lowest BCUT2D eigenvalue weighted by Gasteiger charge is -2.28. The van der Waals surface area contributed by atoms with Crippen molar-refractivity contribution < 1.29 is 21.6 Å². The largest absolute Gasteiger partial charge is 0.416 e. The third kappa shape index (κ3) is 4.70. The smallest absolute Gasteiger partial charge is 0.256 e.